The van der Waals surface area contributed by atoms with Crippen molar-refractivity contribution in [2.75, 3.05) is 20.4 Å². The minimum atomic E-state index is -2.87. The van der Waals surface area contributed by atoms with Gasteiger partial charge in [0.05, 0.1) is 12.3 Å². The lowest BCUT2D eigenvalue weighted by molar-refractivity contribution is 0.178. The molecule has 4 nitrogen and oxygen atoms in total. The summed E-state index contributed by atoms with van der Waals surface area (Å²) in [5.41, 5.74) is 0. The second-order valence-corrected chi connectivity index (χ2v) is 5.81. The van der Waals surface area contributed by atoms with Crippen molar-refractivity contribution in [1.29, 1.82) is 0 Å². The lowest BCUT2D eigenvalue weighted by Gasteiger charge is -2.17. The SMILES string of the molecule is COP(=O)(CC1CCC(O)C1)OC. The highest BCUT2D eigenvalue weighted by Gasteiger charge is 2.31. The summed E-state index contributed by atoms with van der Waals surface area (Å²) < 4.78 is 21.4. The maximum absolute atomic E-state index is 11.7. The van der Waals surface area contributed by atoms with Gasteiger partial charge >= 0.3 is 7.60 Å². The van der Waals surface area contributed by atoms with Gasteiger partial charge < -0.3 is 14.2 Å². The molecule has 2 unspecified atom stereocenters. The van der Waals surface area contributed by atoms with Gasteiger partial charge in [0.2, 0.25) is 0 Å². The fourth-order valence-electron chi connectivity index (χ4n) is 1.75. The summed E-state index contributed by atoms with van der Waals surface area (Å²) in [5.74, 6) is 0.278. The summed E-state index contributed by atoms with van der Waals surface area (Å²) in [7, 11) is -0.0710. The van der Waals surface area contributed by atoms with Gasteiger partial charge in [0, 0.05) is 14.2 Å². The first-order valence-corrected chi connectivity index (χ1v) is 6.21. The molecule has 0 radical (unpaired) electrons. The number of rotatable bonds is 4. The van der Waals surface area contributed by atoms with Crippen LogP contribution in [0.25, 0.3) is 0 Å². The molecule has 0 aliphatic heterocycles. The van der Waals surface area contributed by atoms with Crippen molar-refractivity contribution in [3.05, 3.63) is 0 Å². The average Bonchev–Trinajstić information content (AvgIpc) is 2.51. The highest BCUT2D eigenvalue weighted by molar-refractivity contribution is 7.53. The molecule has 2 atom stereocenters. The Morgan fingerprint density at radius 1 is 1.38 bits per heavy atom. The average molecular weight is 208 g/mol. The van der Waals surface area contributed by atoms with E-state index in [0.29, 0.717) is 6.16 Å². The van der Waals surface area contributed by atoms with Crippen molar-refractivity contribution in [2.45, 2.75) is 25.4 Å². The fourth-order valence-corrected chi connectivity index (χ4v) is 3.17. The Morgan fingerprint density at radius 3 is 2.38 bits per heavy atom. The topological polar surface area (TPSA) is 55.8 Å². The molecule has 0 aromatic heterocycles. The summed E-state index contributed by atoms with van der Waals surface area (Å²) in [6.07, 6.45) is 2.64. The summed E-state index contributed by atoms with van der Waals surface area (Å²) in [5, 5.41) is 9.27. The van der Waals surface area contributed by atoms with E-state index in [4.69, 9.17) is 9.05 Å². The first-order valence-electron chi connectivity index (χ1n) is 4.48. The predicted octanol–water partition coefficient (Wildman–Crippen LogP) is 1.63. The number of hydrogen-bond acceptors (Lipinski definition) is 4. The van der Waals surface area contributed by atoms with Gasteiger partial charge in [0.25, 0.3) is 0 Å². The van der Waals surface area contributed by atoms with Gasteiger partial charge in [0.1, 0.15) is 0 Å². The Morgan fingerprint density at radius 2 is 2.00 bits per heavy atom. The molecule has 1 aliphatic rings. The highest BCUT2D eigenvalue weighted by atomic mass is 31.2. The molecule has 1 fully saturated rings. The Balaban J connectivity index is 2.43. The summed E-state index contributed by atoms with van der Waals surface area (Å²) in [6, 6.07) is 0. The van der Waals surface area contributed by atoms with Crippen molar-refractivity contribution >= 4 is 7.60 Å². The van der Waals surface area contributed by atoms with E-state index in [9.17, 15) is 9.67 Å². The van der Waals surface area contributed by atoms with Crippen LogP contribution in [0.15, 0.2) is 0 Å². The molecule has 78 valence electrons. The van der Waals surface area contributed by atoms with Gasteiger partial charge in [-0.25, -0.2) is 0 Å². The van der Waals surface area contributed by atoms with Crippen molar-refractivity contribution in [2.24, 2.45) is 5.92 Å². The molecule has 0 aromatic carbocycles. The van der Waals surface area contributed by atoms with Crippen LogP contribution in [0.1, 0.15) is 19.3 Å². The maximum atomic E-state index is 11.7. The molecule has 0 spiro atoms. The fraction of sp³-hybridized carbons (Fsp3) is 1.00. The molecule has 1 aliphatic carbocycles. The van der Waals surface area contributed by atoms with Crippen LogP contribution >= 0.6 is 7.60 Å². The Kier molecular flexibility index (Phi) is 3.92. The normalized spacial score (nSPS) is 29.5. The van der Waals surface area contributed by atoms with Gasteiger partial charge in [-0.3, -0.25) is 4.57 Å². The van der Waals surface area contributed by atoms with Crippen LogP contribution in [0.4, 0.5) is 0 Å². The van der Waals surface area contributed by atoms with Gasteiger partial charge in [-0.2, -0.15) is 0 Å². The molecule has 0 bridgehead atoms. The lowest BCUT2D eigenvalue weighted by Crippen LogP contribution is -2.07. The minimum Gasteiger partial charge on any atom is -0.393 e. The van der Waals surface area contributed by atoms with E-state index in [0.717, 1.165) is 19.3 Å². The van der Waals surface area contributed by atoms with Crippen LogP contribution in [0, 0.1) is 5.92 Å². The van der Waals surface area contributed by atoms with Crippen molar-refractivity contribution in [3.8, 4) is 0 Å². The largest absolute Gasteiger partial charge is 0.393 e. The smallest absolute Gasteiger partial charge is 0.330 e. The second-order valence-electron chi connectivity index (χ2n) is 3.49. The Labute approximate surface area is 78.8 Å². The zero-order valence-electron chi connectivity index (χ0n) is 8.10. The summed E-state index contributed by atoms with van der Waals surface area (Å²) in [6.45, 7) is 0. The zero-order valence-corrected chi connectivity index (χ0v) is 9.00. The molecule has 13 heavy (non-hydrogen) atoms. The minimum absolute atomic E-state index is 0.229. The van der Waals surface area contributed by atoms with Gasteiger partial charge in [-0.1, -0.05) is 0 Å². The van der Waals surface area contributed by atoms with E-state index in [-0.39, 0.29) is 12.0 Å². The Bertz CT molecular complexity index is 198. The van der Waals surface area contributed by atoms with E-state index >= 15 is 0 Å². The molecule has 5 heteroatoms. The van der Waals surface area contributed by atoms with Crippen LogP contribution in [-0.4, -0.2) is 31.6 Å². The van der Waals surface area contributed by atoms with E-state index in [2.05, 4.69) is 0 Å². The van der Waals surface area contributed by atoms with Crippen molar-refractivity contribution in [3.63, 3.8) is 0 Å². The maximum Gasteiger partial charge on any atom is 0.330 e. The predicted molar refractivity (Wildman–Crippen MR) is 49.8 cm³/mol. The van der Waals surface area contributed by atoms with Crippen molar-refractivity contribution in [1.82, 2.24) is 0 Å². The number of aliphatic hydroxyl groups is 1. The zero-order chi connectivity index (χ0) is 9.90. The van der Waals surface area contributed by atoms with Crippen LogP contribution < -0.4 is 0 Å². The quantitative estimate of drug-likeness (QED) is 0.713. The van der Waals surface area contributed by atoms with Crippen molar-refractivity contribution < 1.29 is 18.7 Å². The third-order valence-corrected chi connectivity index (χ3v) is 4.63. The van der Waals surface area contributed by atoms with Crippen LogP contribution in [0.5, 0.6) is 0 Å². The third-order valence-electron chi connectivity index (χ3n) is 2.55. The number of hydrogen-bond donors (Lipinski definition) is 1. The van der Waals surface area contributed by atoms with Gasteiger partial charge in [-0.15, -0.1) is 0 Å². The molecule has 1 N–H and O–H groups in total. The first-order chi connectivity index (χ1) is 6.09. The van der Waals surface area contributed by atoms with Crippen LogP contribution in [-0.2, 0) is 13.6 Å². The molecule has 0 heterocycles. The van der Waals surface area contributed by atoms with Gasteiger partial charge in [0.15, 0.2) is 0 Å². The number of aliphatic hydroxyl groups excluding tert-OH is 1. The van der Waals surface area contributed by atoms with E-state index in [1.54, 1.807) is 0 Å². The van der Waals surface area contributed by atoms with E-state index < -0.39 is 7.60 Å². The molecule has 1 rings (SSSR count). The molecule has 0 saturated heterocycles. The van der Waals surface area contributed by atoms with Gasteiger partial charge in [-0.05, 0) is 25.2 Å². The molecule has 1 saturated carbocycles. The van der Waals surface area contributed by atoms with E-state index in [1.807, 2.05) is 0 Å². The monoisotopic (exact) mass is 208 g/mol. The second kappa shape index (κ2) is 4.56. The molecular formula is C8H17O4P. The standard InChI is InChI=1S/C8H17O4P/c1-11-13(10,12-2)6-7-3-4-8(9)5-7/h7-9H,3-6H2,1-2H3. The highest BCUT2D eigenvalue weighted by Crippen LogP contribution is 2.50. The molecular weight excluding hydrogens is 191 g/mol. The summed E-state index contributed by atoms with van der Waals surface area (Å²) >= 11 is 0. The molecule has 0 aromatic rings. The summed E-state index contributed by atoms with van der Waals surface area (Å²) in [4.78, 5) is 0. The van der Waals surface area contributed by atoms with E-state index in [1.165, 1.54) is 14.2 Å². The third kappa shape index (κ3) is 3.06. The first kappa shape index (κ1) is 11.2. The van der Waals surface area contributed by atoms with Crippen LogP contribution in [0.3, 0.4) is 0 Å². The lowest BCUT2D eigenvalue weighted by atomic mass is 10.1. The molecule has 0 amide bonds. The Hall–Kier alpha value is 0.110. The van der Waals surface area contributed by atoms with Crippen LogP contribution in [0.2, 0.25) is 0 Å².